The number of rotatable bonds is 4. The van der Waals surface area contributed by atoms with Crippen molar-refractivity contribution in [3.8, 4) is 0 Å². The second-order valence-corrected chi connectivity index (χ2v) is 4.93. The quantitative estimate of drug-likeness (QED) is 0.771. The minimum atomic E-state index is -0.344. The van der Waals surface area contributed by atoms with Crippen LogP contribution < -0.4 is 11.0 Å². The van der Waals surface area contributed by atoms with E-state index in [1.807, 2.05) is 25.1 Å². The second kappa shape index (κ2) is 5.80. The van der Waals surface area contributed by atoms with Gasteiger partial charge in [-0.15, -0.1) is 0 Å². The lowest BCUT2D eigenvalue weighted by molar-refractivity contribution is -0.122. The summed E-state index contributed by atoms with van der Waals surface area (Å²) in [7, 11) is 0. The van der Waals surface area contributed by atoms with Gasteiger partial charge in [-0.1, -0.05) is 6.07 Å². The number of nitrogens with zero attached hydrogens (tertiary/aromatic N) is 4. The number of hydrogen-bond donors (Lipinski definition) is 1. The third kappa shape index (κ3) is 2.73. The molecule has 3 rings (SSSR count). The lowest BCUT2D eigenvalue weighted by atomic mass is 10.2. The van der Waals surface area contributed by atoms with Gasteiger partial charge in [-0.05, 0) is 31.2 Å². The van der Waals surface area contributed by atoms with Gasteiger partial charge in [0.2, 0.25) is 5.91 Å². The molecule has 0 aliphatic carbocycles. The highest BCUT2D eigenvalue weighted by Gasteiger charge is 2.12. The summed E-state index contributed by atoms with van der Waals surface area (Å²) in [5, 5.41) is 6.81. The van der Waals surface area contributed by atoms with Crippen LogP contribution in [0.25, 0.3) is 5.52 Å². The van der Waals surface area contributed by atoms with E-state index in [2.05, 4.69) is 15.4 Å². The van der Waals surface area contributed by atoms with Crippen LogP contribution in [0.5, 0.6) is 0 Å². The number of carbonyl (C=O) groups is 1. The molecule has 0 unspecified atom stereocenters. The predicted molar refractivity (Wildman–Crippen MR) is 80.2 cm³/mol. The number of hydrogen-bond acceptors (Lipinski definition) is 4. The van der Waals surface area contributed by atoms with Crippen LogP contribution in [0.4, 0.5) is 0 Å². The monoisotopic (exact) mass is 297 g/mol. The molecule has 3 aromatic heterocycles. The summed E-state index contributed by atoms with van der Waals surface area (Å²) >= 11 is 0. The molecular weight excluding hydrogens is 282 g/mol. The molecule has 0 fully saturated rings. The number of fused-ring (bicyclic) bond motifs is 1. The van der Waals surface area contributed by atoms with Crippen LogP contribution >= 0.6 is 0 Å². The van der Waals surface area contributed by atoms with Gasteiger partial charge in [-0.2, -0.15) is 5.10 Å². The Labute approximate surface area is 126 Å². The summed E-state index contributed by atoms with van der Waals surface area (Å²) in [5.74, 6) is -0.292. The molecule has 112 valence electrons. The Bertz CT molecular complexity index is 853. The normalized spacial score (nSPS) is 12.2. The number of carbonyl (C=O) groups excluding carboxylic acids is 1. The number of aromatic nitrogens is 4. The van der Waals surface area contributed by atoms with Crippen molar-refractivity contribution in [2.45, 2.75) is 19.5 Å². The third-order valence-corrected chi connectivity index (χ3v) is 3.34. The third-order valence-electron chi connectivity index (χ3n) is 3.34. The van der Waals surface area contributed by atoms with E-state index >= 15 is 0 Å². The summed E-state index contributed by atoms with van der Waals surface area (Å²) in [4.78, 5) is 28.4. The molecule has 22 heavy (non-hydrogen) atoms. The number of nitrogens with one attached hydrogen (secondary N) is 1. The maximum atomic E-state index is 12.2. The highest BCUT2D eigenvalue weighted by atomic mass is 16.2. The molecule has 1 atom stereocenters. The van der Waals surface area contributed by atoms with Gasteiger partial charge in [0.25, 0.3) is 0 Å². The lowest BCUT2D eigenvalue weighted by Crippen LogP contribution is -2.36. The Balaban J connectivity index is 1.73. The first-order valence-electron chi connectivity index (χ1n) is 6.88. The fourth-order valence-electron chi connectivity index (χ4n) is 2.21. The van der Waals surface area contributed by atoms with Crippen LogP contribution in [0.1, 0.15) is 18.7 Å². The van der Waals surface area contributed by atoms with Gasteiger partial charge >= 0.3 is 5.69 Å². The van der Waals surface area contributed by atoms with Crippen LogP contribution in [0, 0.1) is 0 Å². The largest absolute Gasteiger partial charge is 0.349 e. The van der Waals surface area contributed by atoms with Crippen molar-refractivity contribution in [1.29, 1.82) is 0 Å². The first-order chi connectivity index (χ1) is 10.6. The van der Waals surface area contributed by atoms with Crippen molar-refractivity contribution in [1.82, 2.24) is 24.5 Å². The maximum Gasteiger partial charge on any atom is 0.349 e. The van der Waals surface area contributed by atoms with Crippen LogP contribution in [-0.4, -0.2) is 25.1 Å². The number of amides is 1. The van der Waals surface area contributed by atoms with Crippen molar-refractivity contribution >= 4 is 11.4 Å². The van der Waals surface area contributed by atoms with Gasteiger partial charge < -0.3 is 5.32 Å². The Kier molecular flexibility index (Phi) is 3.69. The molecule has 0 saturated carbocycles. The van der Waals surface area contributed by atoms with Crippen molar-refractivity contribution < 1.29 is 4.79 Å². The van der Waals surface area contributed by atoms with E-state index in [4.69, 9.17) is 0 Å². The Hall–Kier alpha value is -2.96. The highest BCUT2D eigenvalue weighted by molar-refractivity contribution is 5.76. The second-order valence-electron chi connectivity index (χ2n) is 4.93. The average molecular weight is 297 g/mol. The topological polar surface area (TPSA) is 81.3 Å². The molecule has 0 aliphatic rings. The van der Waals surface area contributed by atoms with Crippen LogP contribution in [0.15, 0.2) is 53.7 Å². The molecule has 0 radical (unpaired) electrons. The Morgan fingerprint density at radius 1 is 1.32 bits per heavy atom. The predicted octanol–water partition coefficient (Wildman–Crippen LogP) is 0.768. The summed E-state index contributed by atoms with van der Waals surface area (Å²) in [6, 6.07) is 8.81. The summed E-state index contributed by atoms with van der Waals surface area (Å²) < 4.78 is 2.58. The van der Waals surface area contributed by atoms with E-state index in [1.54, 1.807) is 30.7 Å². The van der Waals surface area contributed by atoms with Gasteiger partial charge in [0, 0.05) is 12.4 Å². The first kappa shape index (κ1) is 14.0. The highest BCUT2D eigenvalue weighted by Crippen LogP contribution is 2.07. The smallest absolute Gasteiger partial charge is 0.346 e. The van der Waals surface area contributed by atoms with Gasteiger partial charge in [-0.25, -0.2) is 9.48 Å². The standard InChI is InChI=1S/C15H15N5O2/c1-11(13-6-2-3-7-16-13)18-14(21)10-20-15(22)19-8-4-5-12(19)9-17-20/h2-9,11H,10H2,1H3,(H,18,21)/t11-/m0/s1. The molecule has 1 amide bonds. The lowest BCUT2D eigenvalue weighted by Gasteiger charge is -2.13. The fourth-order valence-corrected chi connectivity index (χ4v) is 2.21. The summed E-state index contributed by atoms with van der Waals surface area (Å²) in [5.41, 5.74) is 1.11. The average Bonchev–Trinajstić information content (AvgIpc) is 3.00. The van der Waals surface area contributed by atoms with Crippen molar-refractivity contribution in [2.24, 2.45) is 0 Å². The van der Waals surface area contributed by atoms with E-state index in [-0.39, 0.29) is 24.2 Å². The SMILES string of the molecule is C[C@H](NC(=O)Cn1ncc2cccn2c1=O)c1ccccn1. The maximum absolute atomic E-state index is 12.2. The van der Waals surface area contributed by atoms with Gasteiger partial charge in [0.15, 0.2) is 0 Å². The minimum Gasteiger partial charge on any atom is -0.346 e. The molecule has 3 aromatic rings. The molecular formula is C15H15N5O2. The van der Waals surface area contributed by atoms with Crippen molar-refractivity contribution in [3.63, 3.8) is 0 Å². The number of pyridine rings is 1. The minimum absolute atomic E-state index is 0.135. The molecule has 1 N–H and O–H groups in total. The molecule has 0 spiro atoms. The van der Waals surface area contributed by atoms with Gasteiger partial charge in [0.05, 0.1) is 23.4 Å². The van der Waals surface area contributed by atoms with E-state index in [9.17, 15) is 9.59 Å². The molecule has 7 nitrogen and oxygen atoms in total. The van der Waals surface area contributed by atoms with Crippen molar-refractivity contribution in [3.05, 3.63) is 65.1 Å². The van der Waals surface area contributed by atoms with Crippen molar-refractivity contribution in [2.75, 3.05) is 0 Å². The first-order valence-corrected chi connectivity index (χ1v) is 6.88. The zero-order valence-electron chi connectivity index (χ0n) is 12.0. The Morgan fingerprint density at radius 3 is 2.95 bits per heavy atom. The van der Waals surface area contributed by atoms with Crippen LogP contribution in [0.3, 0.4) is 0 Å². The zero-order chi connectivity index (χ0) is 15.5. The molecule has 3 heterocycles. The van der Waals surface area contributed by atoms with Gasteiger partial charge in [-0.3, -0.25) is 14.2 Å². The van der Waals surface area contributed by atoms with E-state index in [0.717, 1.165) is 10.4 Å². The van der Waals surface area contributed by atoms with E-state index in [0.29, 0.717) is 5.52 Å². The molecule has 7 heteroatoms. The summed E-state index contributed by atoms with van der Waals surface area (Å²) in [6.07, 6.45) is 4.87. The fraction of sp³-hybridized carbons (Fsp3) is 0.200. The molecule has 0 saturated heterocycles. The van der Waals surface area contributed by atoms with Crippen LogP contribution in [0.2, 0.25) is 0 Å². The van der Waals surface area contributed by atoms with E-state index in [1.165, 1.54) is 4.40 Å². The van der Waals surface area contributed by atoms with Gasteiger partial charge in [0.1, 0.15) is 6.54 Å². The molecule has 0 aliphatic heterocycles. The molecule has 0 bridgehead atoms. The summed E-state index contributed by atoms with van der Waals surface area (Å²) in [6.45, 7) is 1.70. The molecule has 0 aromatic carbocycles. The Morgan fingerprint density at radius 2 is 2.18 bits per heavy atom. The zero-order valence-corrected chi connectivity index (χ0v) is 12.0. The van der Waals surface area contributed by atoms with Crippen LogP contribution in [-0.2, 0) is 11.3 Å². The van der Waals surface area contributed by atoms with E-state index < -0.39 is 0 Å².